The molecule has 6 N–H and O–H groups in total. The van der Waals surface area contributed by atoms with Crippen LogP contribution >= 0.6 is 0 Å². The fourth-order valence-corrected chi connectivity index (χ4v) is 1.60. The Morgan fingerprint density at radius 2 is 1.65 bits per heavy atom. The lowest BCUT2D eigenvalue weighted by Crippen LogP contribution is -2.29. The number of unbranched alkanes of at least 4 members (excludes halogenated alkanes) is 5. The molecule has 1 unspecified atom stereocenters. The molecule has 5 heteroatoms. The molecule has 0 saturated carbocycles. The molecule has 0 heterocycles. The Balaban J connectivity index is 3.72. The van der Waals surface area contributed by atoms with Crippen LogP contribution in [0.15, 0.2) is 11.8 Å². The molecule has 0 aromatic carbocycles. The molecule has 0 amide bonds. The Hall–Kier alpha value is -0.620. The first-order valence-corrected chi connectivity index (χ1v) is 6.21. The van der Waals surface area contributed by atoms with Crippen LogP contribution in [0.2, 0.25) is 0 Å². The summed E-state index contributed by atoms with van der Waals surface area (Å²) in [7, 11) is 0. The smallest absolute Gasteiger partial charge is 0.300 e. The van der Waals surface area contributed by atoms with E-state index in [0.29, 0.717) is 12.5 Å². The van der Waals surface area contributed by atoms with E-state index in [1.165, 1.54) is 19.3 Å². The van der Waals surface area contributed by atoms with Gasteiger partial charge >= 0.3 is 5.97 Å². The number of nitrogens with two attached hydrogens (primary N) is 1. The average molecular weight is 247 g/mol. The first-order chi connectivity index (χ1) is 7.87. The van der Waals surface area contributed by atoms with Crippen LogP contribution < -0.4 is 5.73 Å². The molecule has 0 aromatic rings. The van der Waals surface area contributed by atoms with Crippen molar-refractivity contribution in [1.29, 1.82) is 0 Å². The molecule has 0 aliphatic rings. The molecule has 0 radical (unpaired) electrons. The van der Waals surface area contributed by atoms with Gasteiger partial charge in [0.25, 0.3) is 0 Å². The molecule has 0 fully saturated rings. The predicted molar refractivity (Wildman–Crippen MR) is 66.1 cm³/mol. The summed E-state index contributed by atoms with van der Waals surface area (Å²) in [6.07, 6.45) is 7.81. The SMILES string of the molecule is CCCCCCCCC(N)C(O)=CC(O)(O)O. The molecular weight excluding hydrogens is 222 g/mol. The van der Waals surface area contributed by atoms with Crippen molar-refractivity contribution in [2.75, 3.05) is 0 Å². The minimum atomic E-state index is -3.00. The van der Waals surface area contributed by atoms with Gasteiger partial charge < -0.3 is 26.2 Å². The van der Waals surface area contributed by atoms with E-state index in [-0.39, 0.29) is 0 Å². The molecule has 0 aliphatic carbocycles. The monoisotopic (exact) mass is 247 g/mol. The molecule has 1 atom stereocenters. The van der Waals surface area contributed by atoms with Crippen LogP contribution in [0.25, 0.3) is 0 Å². The number of hydrogen-bond donors (Lipinski definition) is 5. The van der Waals surface area contributed by atoms with Crippen molar-refractivity contribution in [2.24, 2.45) is 5.73 Å². The summed E-state index contributed by atoms with van der Waals surface area (Å²) >= 11 is 0. The van der Waals surface area contributed by atoms with Gasteiger partial charge in [0, 0.05) is 6.08 Å². The van der Waals surface area contributed by atoms with E-state index in [1.807, 2.05) is 0 Å². The third kappa shape index (κ3) is 10.3. The van der Waals surface area contributed by atoms with Crippen molar-refractivity contribution in [3.8, 4) is 0 Å². The Bertz CT molecular complexity index is 223. The van der Waals surface area contributed by atoms with Gasteiger partial charge in [0.1, 0.15) is 5.76 Å². The molecule has 0 aromatic heterocycles. The third-order valence-corrected chi connectivity index (χ3v) is 2.59. The molecule has 0 saturated heterocycles. The second kappa shape index (κ2) is 8.47. The van der Waals surface area contributed by atoms with E-state index in [0.717, 1.165) is 19.3 Å². The zero-order chi connectivity index (χ0) is 13.3. The normalized spacial score (nSPS) is 15.0. The number of rotatable bonds is 9. The van der Waals surface area contributed by atoms with Gasteiger partial charge in [-0.15, -0.1) is 0 Å². The predicted octanol–water partition coefficient (Wildman–Crippen LogP) is 1.14. The fourth-order valence-electron chi connectivity index (χ4n) is 1.60. The average Bonchev–Trinajstić information content (AvgIpc) is 2.20. The maximum absolute atomic E-state index is 9.35. The lowest BCUT2D eigenvalue weighted by molar-refractivity contribution is -0.274. The fraction of sp³-hybridized carbons (Fsp3) is 0.833. The lowest BCUT2D eigenvalue weighted by Gasteiger charge is -2.14. The van der Waals surface area contributed by atoms with Crippen molar-refractivity contribution in [2.45, 2.75) is 63.9 Å². The van der Waals surface area contributed by atoms with Crippen LogP contribution in [0.1, 0.15) is 51.9 Å². The minimum Gasteiger partial charge on any atom is -0.511 e. The zero-order valence-corrected chi connectivity index (χ0v) is 10.5. The summed E-state index contributed by atoms with van der Waals surface area (Å²) in [5, 5.41) is 35.2. The van der Waals surface area contributed by atoms with Crippen LogP contribution in [0.5, 0.6) is 0 Å². The maximum atomic E-state index is 9.35. The van der Waals surface area contributed by atoms with Gasteiger partial charge in [-0.05, 0) is 6.42 Å². The number of aliphatic hydroxyl groups is 4. The molecule has 5 nitrogen and oxygen atoms in total. The highest BCUT2D eigenvalue weighted by Gasteiger charge is 2.18. The van der Waals surface area contributed by atoms with Crippen LogP contribution in [0.3, 0.4) is 0 Å². The third-order valence-electron chi connectivity index (χ3n) is 2.59. The van der Waals surface area contributed by atoms with Crippen LogP contribution in [0.4, 0.5) is 0 Å². The van der Waals surface area contributed by atoms with Crippen LogP contribution in [-0.2, 0) is 0 Å². The summed E-state index contributed by atoms with van der Waals surface area (Å²) in [6.45, 7) is 2.16. The van der Waals surface area contributed by atoms with Gasteiger partial charge in [0.05, 0.1) is 6.04 Å². The first-order valence-electron chi connectivity index (χ1n) is 6.21. The lowest BCUT2D eigenvalue weighted by atomic mass is 10.0. The van der Waals surface area contributed by atoms with Crippen molar-refractivity contribution in [1.82, 2.24) is 0 Å². The second-order valence-corrected chi connectivity index (χ2v) is 4.42. The van der Waals surface area contributed by atoms with E-state index >= 15 is 0 Å². The van der Waals surface area contributed by atoms with E-state index < -0.39 is 17.8 Å². The molecular formula is C12H25NO4. The molecule has 0 bridgehead atoms. The van der Waals surface area contributed by atoms with Gasteiger partial charge in [-0.3, -0.25) is 0 Å². The van der Waals surface area contributed by atoms with Crippen molar-refractivity contribution < 1.29 is 20.4 Å². The zero-order valence-electron chi connectivity index (χ0n) is 10.5. The summed E-state index contributed by atoms with van der Waals surface area (Å²) < 4.78 is 0. The molecule has 0 aliphatic heterocycles. The van der Waals surface area contributed by atoms with E-state index in [2.05, 4.69) is 6.92 Å². The summed E-state index contributed by atoms with van der Waals surface area (Å²) in [5.74, 6) is -3.39. The van der Waals surface area contributed by atoms with Gasteiger partial charge in [0.2, 0.25) is 0 Å². The number of aliphatic hydroxyl groups excluding tert-OH is 1. The van der Waals surface area contributed by atoms with Gasteiger partial charge in [-0.1, -0.05) is 45.4 Å². The van der Waals surface area contributed by atoms with E-state index in [1.54, 1.807) is 0 Å². The Kier molecular flexibility index (Phi) is 8.16. The maximum Gasteiger partial charge on any atom is 0.300 e. The van der Waals surface area contributed by atoms with Crippen LogP contribution in [0, 0.1) is 0 Å². The summed E-state index contributed by atoms with van der Waals surface area (Å²) in [4.78, 5) is 0. The van der Waals surface area contributed by atoms with E-state index in [9.17, 15) is 5.11 Å². The summed E-state index contributed by atoms with van der Waals surface area (Å²) in [5.41, 5.74) is 5.61. The minimum absolute atomic E-state index is 0.397. The Labute approximate surface area is 103 Å². The molecule has 0 spiro atoms. The largest absolute Gasteiger partial charge is 0.511 e. The first kappa shape index (κ1) is 16.4. The Morgan fingerprint density at radius 1 is 1.12 bits per heavy atom. The molecule has 0 rings (SSSR count). The topological polar surface area (TPSA) is 107 Å². The van der Waals surface area contributed by atoms with Crippen molar-refractivity contribution >= 4 is 0 Å². The highest BCUT2D eigenvalue weighted by molar-refractivity contribution is 5.03. The highest BCUT2D eigenvalue weighted by Crippen LogP contribution is 2.12. The van der Waals surface area contributed by atoms with E-state index in [4.69, 9.17) is 21.1 Å². The standard InChI is InChI=1S/C12H25NO4/c1-2-3-4-5-6-7-8-10(13)11(14)9-12(15,16)17/h9-10,14-17H,2-8,13H2,1H3. The van der Waals surface area contributed by atoms with Crippen molar-refractivity contribution in [3.63, 3.8) is 0 Å². The van der Waals surface area contributed by atoms with Gasteiger partial charge in [0.15, 0.2) is 0 Å². The molecule has 102 valence electrons. The highest BCUT2D eigenvalue weighted by atomic mass is 16.7. The molecule has 17 heavy (non-hydrogen) atoms. The van der Waals surface area contributed by atoms with Gasteiger partial charge in [-0.2, -0.15) is 0 Å². The number of hydrogen-bond acceptors (Lipinski definition) is 5. The quantitative estimate of drug-likeness (QED) is 0.238. The van der Waals surface area contributed by atoms with Crippen molar-refractivity contribution in [3.05, 3.63) is 11.8 Å². The summed E-state index contributed by atoms with van der Waals surface area (Å²) in [6, 6.07) is -0.660. The second-order valence-electron chi connectivity index (χ2n) is 4.42. The van der Waals surface area contributed by atoms with Gasteiger partial charge in [-0.25, -0.2) is 0 Å². The van der Waals surface area contributed by atoms with Crippen LogP contribution in [-0.4, -0.2) is 32.4 Å². The Morgan fingerprint density at radius 3 is 2.18 bits per heavy atom.